The molecule has 5 heteroatoms. The van der Waals surface area contributed by atoms with E-state index in [9.17, 15) is 0 Å². The number of likely N-dealkylation sites (tertiary alicyclic amines) is 1. The van der Waals surface area contributed by atoms with E-state index in [0.717, 1.165) is 55.2 Å². The number of aromatic nitrogens is 1. The summed E-state index contributed by atoms with van der Waals surface area (Å²) in [4.78, 5) is 7.07. The molecule has 0 saturated carbocycles. The van der Waals surface area contributed by atoms with Gasteiger partial charge in [0.15, 0.2) is 0 Å². The number of piperidine rings is 1. The van der Waals surface area contributed by atoms with Crippen LogP contribution < -0.4 is 9.47 Å². The van der Waals surface area contributed by atoms with Crippen molar-refractivity contribution >= 4 is 0 Å². The normalized spacial score (nSPS) is 15.4. The summed E-state index contributed by atoms with van der Waals surface area (Å²) < 4.78 is 17.2. The maximum absolute atomic E-state index is 6.28. The predicted octanol–water partition coefficient (Wildman–Crippen LogP) is 5.01. The molecular formula is C24H28N2O3. The quantitative estimate of drug-likeness (QED) is 0.590. The van der Waals surface area contributed by atoms with E-state index in [1.807, 2.05) is 24.3 Å². The zero-order valence-corrected chi connectivity index (χ0v) is 17.4. The van der Waals surface area contributed by atoms with Gasteiger partial charge in [-0.2, -0.15) is 0 Å². The fraction of sp³-hybridized carbons (Fsp3) is 0.375. The largest absolute Gasteiger partial charge is 0.497 e. The number of ether oxygens (including phenoxy) is 2. The maximum atomic E-state index is 6.28. The summed E-state index contributed by atoms with van der Waals surface area (Å²) in [7, 11) is 1.66. The third-order valence-electron chi connectivity index (χ3n) is 5.45. The molecule has 1 aliphatic heterocycles. The van der Waals surface area contributed by atoms with Gasteiger partial charge in [-0.05, 0) is 68.1 Å². The average molecular weight is 392 g/mol. The van der Waals surface area contributed by atoms with E-state index in [2.05, 4.69) is 41.9 Å². The molecule has 152 valence electrons. The average Bonchev–Trinajstić information content (AvgIpc) is 3.21. The van der Waals surface area contributed by atoms with Gasteiger partial charge in [0.1, 0.15) is 23.9 Å². The van der Waals surface area contributed by atoms with E-state index in [0.29, 0.717) is 5.89 Å². The first-order chi connectivity index (χ1) is 14.1. The molecule has 0 radical (unpaired) electrons. The Bertz CT molecular complexity index is 941. The Hall–Kier alpha value is -2.79. The number of hydrogen-bond acceptors (Lipinski definition) is 5. The van der Waals surface area contributed by atoms with Crippen LogP contribution in [0.4, 0.5) is 0 Å². The molecule has 0 aliphatic carbocycles. The Morgan fingerprint density at radius 1 is 1.07 bits per heavy atom. The molecule has 29 heavy (non-hydrogen) atoms. The van der Waals surface area contributed by atoms with E-state index in [4.69, 9.17) is 13.9 Å². The van der Waals surface area contributed by atoms with Crippen molar-refractivity contribution in [2.24, 2.45) is 0 Å². The summed E-state index contributed by atoms with van der Waals surface area (Å²) >= 11 is 0. The number of methoxy groups -OCH3 is 1. The molecule has 1 fully saturated rings. The Morgan fingerprint density at radius 2 is 1.83 bits per heavy atom. The standard InChI is InChI=1S/C24H28N2O3/c1-17-4-5-18(2)23(14-17)29-22-10-12-26(13-11-22)15-20-16-28-24(25-20)19-6-8-21(27-3)9-7-19/h4-9,14,16,22H,10-13,15H2,1-3H3. The second-order valence-electron chi connectivity index (χ2n) is 7.73. The first-order valence-electron chi connectivity index (χ1n) is 10.2. The molecule has 5 nitrogen and oxygen atoms in total. The molecule has 1 saturated heterocycles. The molecule has 4 rings (SSSR count). The van der Waals surface area contributed by atoms with Gasteiger partial charge in [0.25, 0.3) is 0 Å². The van der Waals surface area contributed by atoms with Crippen LogP contribution in [0.1, 0.15) is 29.7 Å². The number of nitrogens with zero attached hydrogens (tertiary/aromatic N) is 2. The van der Waals surface area contributed by atoms with Crippen molar-refractivity contribution < 1.29 is 13.9 Å². The number of benzene rings is 2. The lowest BCUT2D eigenvalue weighted by atomic mass is 10.1. The molecule has 0 N–H and O–H groups in total. The van der Waals surface area contributed by atoms with Crippen LogP contribution in [0.2, 0.25) is 0 Å². The summed E-state index contributed by atoms with van der Waals surface area (Å²) in [6.45, 7) is 7.01. The molecule has 0 spiro atoms. The molecule has 0 bridgehead atoms. The number of aryl methyl sites for hydroxylation is 2. The monoisotopic (exact) mass is 392 g/mol. The SMILES string of the molecule is COc1ccc(-c2nc(CN3CCC(Oc4cc(C)ccc4C)CC3)co2)cc1. The van der Waals surface area contributed by atoms with Crippen molar-refractivity contribution in [3.05, 3.63) is 65.5 Å². The molecule has 0 atom stereocenters. The first-order valence-corrected chi connectivity index (χ1v) is 10.2. The third-order valence-corrected chi connectivity index (χ3v) is 5.45. The Balaban J connectivity index is 1.30. The summed E-state index contributed by atoms with van der Waals surface area (Å²) in [5, 5.41) is 0. The van der Waals surface area contributed by atoms with Gasteiger partial charge in [-0.3, -0.25) is 4.90 Å². The van der Waals surface area contributed by atoms with Crippen LogP contribution in [-0.4, -0.2) is 36.2 Å². The fourth-order valence-corrected chi connectivity index (χ4v) is 3.67. The van der Waals surface area contributed by atoms with Gasteiger partial charge >= 0.3 is 0 Å². The van der Waals surface area contributed by atoms with Crippen LogP contribution in [0.15, 0.2) is 53.1 Å². The second kappa shape index (κ2) is 8.70. The van der Waals surface area contributed by atoms with E-state index < -0.39 is 0 Å². The van der Waals surface area contributed by atoms with Gasteiger partial charge < -0.3 is 13.9 Å². The number of hydrogen-bond donors (Lipinski definition) is 0. The van der Waals surface area contributed by atoms with Crippen molar-refractivity contribution in [2.45, 2.75) is 39.3 Å². The van der Waals surface area contributed by atoms with Crippen LogP contribution in [-0.2, 0) is 6.54 Å². The summed E-state index contributed by atoms with van der Waals surface area (Å²) in [6.07, 6.45) is 4.09. The highest BCUT2D eigenvalue weighted by Crippen LogP contribution is 2.25. The third kappa shape index (κ3) is 4.80. The summed E-state index contributed by atoms with van der Waals surface area (Å²) in [5.41, 5.74) is 4.36. The topological polar surface area (TPSA) is 47.7 Å². The first kappa shape index (κ1) is 19.5. The number of oxazole rings is 1. The molecule has 2 aromatic carbocycles. The lowest BCUT2D eigenvalue weighted by Gasteiger charge is -2.32. The molecule has 1 aromatic heterocycles. The second-order valence-corrected chi connectivity index (χ2v) is 7.73. The highest BCUT2D eigenvalue weighted by molar-refractivity contribution is 5.54. The van der Waals surface area contributed by atoms with E-state index >= 15 is 0 Å². The van der Waals surface area contributed by atoms with Gasteiger partial charge in [0.2, 0.25) is 5.89 Å². The van der Waals surface area contributed by atoms with Crippen LogP contribution in [0, 0.1) is 13.8 Å². The molecular weight excluding hydrogens is 364 g/mol. The van der Waals surface area contributed by atoms with Gasteiger partial charge in [-0.25, -0.2) is 4.98 Å². The van der Waals surface area contributed by atoms with Gasteiger partial charge in [-0.15, -0.1) is 0 Å². The van der Waals surface area contributed by atoms with Crippen molar-refractivity contribution in [3.8, 4) is 23.0 Å². The summed E-state index contributed by atoms with van der Waals surface area (Å²) in [5.74, 6) is 2.49. The van der Waals surface area contributed by atoms with E-state index in [-0.39, 0.29) is 6.10 Å². The van der Waals surface area contributed by atoms with E-state index in [1.54, 1.807) is 13.4 Å². The van der Waals surface area contributed by atoms with Crippen LogP contribution in [0.25, 0.3) is 11.5 Å². The predicted molar refractivity (Wildman–Crippen MR) is 113 cm³/mol. The van der Waals surface area contributed by atoms with Gasteiger partial charge in [0, 0.05) is 25.2 Å². The molecule has 2 heterocycles. The van der Waals surface area contributed by atoms with Crippen LogP contribution >= 0.6 is 0 Å². The van der Waals surface area contributed by atoms with E-state index in [1.165, 1.54) is 11.1 Å². The van der Waals surface area contributed by atoms with Crippen molar-refractivity contribution in [1.82, 2.24) is 9.88 Å². The van der Waals surface area contributed by atoms with Gasteiger partial charge in [0.05, 0.1) is 12.8 Å². The highest BCUT2D eigenvalue weighted by atomic mass is 16.5. The van der Waals surface area contributed by atoms with Gasteiger partial charge in [-0.1, -0.05) is 12.1 Å². The minimum Gasteiger partial charge on any atom is -0.497 e. The zero-order chi connectivity index (χ0) is 20.2. The minimum absolute atomic E-state index is 0.277. The van der Waals surface area contributed by atoms with Crippen LogP contribution in [0.3, 0.4) is 0 Å². The minimum atomic E-state index is 0.277. The number of rotatable bonds is 6. The lowest BCUT2D eigenvalue weighted by molar-refractivity contribution is 0.0955. The fourth-order valence-electron chi connectivity index (χ4n) is 3.67. The molecule has 3 aromatic rings. The molecule has 0 unspecified atom stereocenters. The Morgan fingerprint density at radius 3 is 2.55 bits per heavy atom. The Kier molecular flexibility index (Phi) is 5.86. The molecule has 1 aliphatic rings. The molecule has 0 amide bonds. The Labute approximate surface area is 172 Å². The van der Waals surface area contributed by atoms with Crippen molar-refractivity contribution in [2.75, 3.05) is 20.2 Å². The summed E-state index contributed by atoms with van der Waals surface area (Å²) in [6, 6.07) is 14.2. The maximum Gasteiger partial charge on any atom is 0.226 e. The zero-order valence-electron chi connectivity index (χ0n) is 17.4. The highest BCUT2D eigenvalue weighted by Gasteiger charge is 2.22. The van der Waals surface area contributed by atoms with Crippen LogP contribution in [0.5, 0.6) is 11.5 Å². The smallest absolute Gasteiger partial charge is 0.226 e. The van der Waals surface area contributed by atoms with Crippen molar-refractivity contribution in [1.29, 1.82) is 0 Å². The lowest BCUT2D eigenvalue weighted by Crippen LogP contribution is -2.37. The van der Waals surface area contributed by atoms with Crippen molar-refractivity contribution in [3.63, 3.8) is 0 Å².